The lowest BCUT2D eigenvalue weighted by Gasteiger charge is -2.39. The second-order valence-corrected chi connectivity index (χ2v) is 6.75. The van der Waals surface area contributed by atoms with Crippen molar-refractivity contribution in [2.24, 2.45) is 11.7 Å². The molecule has 9 heteroatoms. The zero-order valence-electron chi connectivity index (χ0n) is 14.1. The average Bonchev–Trinajstić information content (AvgIpc) is 3.13. The molecule has 0 aromatic heterocycles. The van der Waals surface area contributed by atoms with Gasteiger partial charge in [-0.3, -0.25) is 10.6 Å². The van der Waals surface area contributed by atoms with E-state index in [2.05, 4.69) is 22.0 Å². The van der Waals surface area contributed by atoms with Gasteiger partial charge in [-0.25, -0.2) is 0 Å². The highest BCUT2D eigenvalue weighted by atomic mass is 35.5. The molecular weight excluding hydrogens is 369 g/mol. The molecule has 5 N–H and O–H groups in total. The smallest absolute Gasteiger partial charge is 0.361 e. The van der Waals surface area contributed by atoms with Gasteiger partial charge in [0.15, 0.2) is 0 Å². The molecular formula is C17H22ClF3N4O. The van der Waals surface area contributed by atoms with E-state index in [0.717, 1.165) is 19.2 Å². The normalized spacial score (nSPS) is 26.8. The summed E-state index contributed by atoms with van der Waals surface area (Å²) in [6.07, 6.45) is -3.18. The van der Waals surface area contributed by atoms with Crippen LogP contribution in [0.3, 0.4) is 0 Å². The summed E-state index contributed by atoms with van der Waals surface area (Å²) >= 11 is 5.71. The number of ether oxygens (including phenoxy) is 1. The monoisotopic (exact) mass is 390 g/mol. The lowest BCUT2D eigenvalue weighted by Crippen LogP contribution is -2.55. The van der Waals surface area contributed by atoms with Crippen LogP contribution in [0.15, 0.2) is 29.8 Å². The molecule has 1 aromatic rings. The van der Waals surface area contributed by atoms with Crippen molar-refractivity contribution in [3.8, 4) is 0 Å². The fourth-order valence-corrected chi connectivity index (χ4v) is 3.53. The molecule has 26 heavy (non-hydrogen) atoms. The molecule has 0 amide bonds. The molecule has 0 bridgehead atoms. The molecule has 0 radical (unpaired) electrons. The molecule has 2 aliphatic heterocycles. The summed E-state index contributed by atoms with van der Waals surface area (Å²) in [7, 11) is 0. The van der Waals surface area contributed by atoms with Gasteiger partial charge in [-0.05, 0) is 17.7 Å². The number of benzene rings is 1. The topological polar surface area (TPSA) is 71.3 Å². The van der Waals surface area contributed by atoms with E-state index in [1.165, 1.54) is 11.6 Å². The first-order chi connectivity index (χ1) is 12.4. The Bertz CT molecular complexity index is 668. The largest absolute Gasteiger partial charge is 0.417 e. The van der Waals surface area contributed by atoms with Gasteiger partial charge < -0.3 is 15.8 Å². The third-order valence-electron chi connectivity index (χ3n) is 4.60. The Morgan fingerprint density at radius 3 is 2.77 bits per heavy atom. The number of nitrogens with one attached hydrogen (secondary N) is 3. The van der Waals surface area contributed by atoms with Gasteiger partial charge in [-0.15, -0.1) is 0 Å². The van der Waals surface area contributed by atoms with Gasteiger partial charge in [0.2, 0.25) is 0 Å². The molecule has 2 heterocycles. The molecule has 0 saturated carbocycles. The zero-order chi connectivity index (χ0) is 18.7. The molecule has 1 aromatic carbocycles. The third kappa shape index (κ3) is 4.39. The van der Waals surface area contributed by atoms with Gasteiger partial charge in [0.25, 0.3) is 0 Å². The molecule has 3 unspecified atom stereocenters. The predicted molar refractivity (Wildman–Crippen MR) is 93.6 cm³/mol. The summed E-state index contributed by atoms with van der Waals surface area (Å²) in [5.74, 6) is 0.0854. The Kier molecular flexibility index (Phi) is 6.21. The number of rotatable bonds is 5. The summed E-state index contributed by atoms with van der Waals surface area (Å²) < 4.78 is 45.2. The molecule has 5 nitrogen and oxygen atoms in total. The molecule has 2 aliphatic rings. The van der Waals surface area contributed by atoms with Gasteiger partial charge in [-0.2, -0.15) is 13.2 Å². The van der Waals surface area contributed by atoms with E-state index in [9.17, 15) is 13.2 Å². The summed E-state index contributed by atoms with van der Waals surface area (Å²) in [6, 6.07) is 3.93. The molecule has 1 saturated heterocycles. The summed E-state index contributed by atoms with van der Waals surface area (Å²) in [5, 5.41) is 9.47. The van der Waals surface area contributed by atoms with E-state index in [4.69, 9.17) is 22.1 Å². The number of hydrogen-bond acceptors (Lipinski definition) is 5. The predicted octanol–water partition coefficient (Wildman–Crippen LogP) is 2.00. The van der Waals surface area contributed by atoms with E-state index >= 15 is 0 Å². The van der Waals surface area contributed by atoms with Gasteiger partial charge >= 0.3 is 6.18 Å². The van der Waals surface area contributed by atoms with E-state index < -0.39 is 17.9 Å². The van der Waals surface area contributed by atoms with Crippen LogP contribution in [0.4, 0.5) is 13.2 Å². The van der Waals surface area contributed by atoms with Crippen LogP contribution >= 0.6 is 11.6 Å². The Balaban J connectivity index is 1.79. The van der Waals surface area contributed by atoms with Crippen LogP contribution in [0.2, 0.25) is 5.02 Å². The maximum atomic E-state index is 13.1. The Hall–Kier alpha value is -1.16. The molecule has 3 rings (SSSR count). The number of nitrogens with two attached hydrogens (primary N) is 1. The Morgan fingerprint density at radius 2 is 2.12 bits per heavy atom. The molecule has 3 atom stereocenters. The van der Waals surface area contributed by atoms with Crippen LogP contribution in [-0.2, 0) is 10.9 Å². The lowest BCUT2D eigenvalue weighted by molar-refractivity contribution is -0.137. The third-order valence-corrected chi connectivity index (χ3v) is 4.93. The molecule has 0 spiro atoms. The Morgan fingerprint density at radius 1 is 1.31 bits per heavy atom. The van der Waals surface area contributed by atoms with Crippen LogP contribution in [0.5, 0.6) is 0 Å². The maximum Gasteiger partial charge on any atom is 0.417 e. The van der Waals surface area contributed by atoms with Crippen molar-refractivity contribution in [2.75, 3.05) is 32.8 Å². The number of halogens is 4. The summed E-state index contributed by atoms with van der Waals surface area (Å²) in [6.45, 7) is 2.92. The standard InChI is InChI=1S/C17H22ClF3N4O/c18-14-2-1-10(7-13(14)17(19,20)21)15-24-9-12(11-3-5-23-8-11)16(25-15)26-6-4-22/h1-3,7,12,15-16,23-25H,4-6,8-9,22H2. The van der Waals surface area contributed by atoms with Crippen molar-refractivity contribution in [3.05, 3.63) is 46.0 Å². The van der Waals surface area contributed by atoms with Crippen LogP contribution in [0.25, 0.3) is 0 Å². The fourth-order valence-electron chi connectivity index (χ4n) is 3.30. The van der Waals surface area contributed by atoms with Crippen LogP contribution in [0, 0.1) is 5.92 Å². The summed E-state index contributed by atoms with van der Waals surface area (Å²) in [4.78, 5) is 0. The van der Waals surface area contributed by atoms with E-state index in [1.54, 1.807) is 6.07 Å². The first-order valence-electron chi connectivity index (χ1n) is 8.47. The minimum atomic E-state index is -4.50. The highest BCUT2D eigenvalue weighted by molar-refractivity contribution is 6.31. The lowest BCUT2D eigenvalue weighted by atomic mass is 9.94. The summed E-state index contributed by atoms with van der Waals surface area (Å²) in [5.41, 5.74) is 6.38. The first kappa shape index (κ1) is 19.6. The van der Waals surface area contributed by atoms with E-state index in [-0.39, 0.29) is 17.2 Å². The zero-order valence-corrected chi connectivity index (χ0v) is 14.8. The first-order valence-corrected chi connectivity index (χ1v) is 8.85. The molecule has 1 fully saturated rings. The fraction of sp³-hybridized carbons (Fsp3) is 0.529. The molecule has 144 valence electrons. The highest BCUT2D eigenvalue weighted by Crippen LogP contribution is 2.36. The second-order valence-electron chi connectivity index (χ2n) is 6.34. The van der Waals surface area contributed by atoms with Crippen LogP contribution in [0.1, 0.15) is 17.3 Å². The molecule has 0 aliphatic carbocycles. The number of hydrogen-bond donors (Lipinski definition) is 4. The minimum absolute atomic E-state index is 0.0854. The van der Waals surface area contributed by atoms with Gasteiger partial charge in [0.05, 0.1) is 23.4 Å². The van der Waals surface area contributed by atoms with Crippen molar-refractivity contribution >= 4 is 11.6 Å². The number of alkyl halides is 3. The van der Waals surface area contributed by atoms with Crippen molar-refractivity contribution < 1.29 is 17.9 Å². The van der Waals surface area contributed by atoms with Crippen molar-refractivity contribution in [2.45, 2.75) is 18.6 Å². The van der Waals surface area contributed by atoms with Gasteiger partial charge in [-0.1, -0.05) is 29.3 Å². The van der Waals surface area contributed by atoms with Gasteiger partial charge in [0, 0.05) is 32.1 Å². The Labute approximate surface area is 155 Å². The van der Waals surface area contributed by atoms with Crippen LogP contribution in [-0.4, -0.2) is 39.0 Å². The van der Waals surface area contributed by atoms with Crippen LogP contribution < -0.4 is 21.7 Å². The van der Waals surface area contributed by atoms with E-state index in [0.29, 0.717) is 25.3 Å². The quantitative estimate of drug-likeness (QED) is 0.579. The highest BCUT2D eigenvalue weighted by Gasteiger charge is 2.36. The van der Waals surface area contributed by atoms with Crippen molar-refractivity contribution in [1.82, 2.24) is 16.0 Å². The SMILES string of the molecule is NCCOC1NC(c2ccc(Cl)c(C(F)(F)F)c2)NCC1C1=CCNC1. The van der Waals surface area contributed by atoms with Gasteiger partial charge in [0.1, 0.15) is 6.23 Å². The second kappa shape index (κ2) is 8.24. The van der Waals surface area contributed by atoms with E-state index in [1.807, 2.05) is 0 Å². The maximum absolute atomic E-state index is 13.1. The minimum Gasteiger partial charge on any atom is -0.361 e. The van der Waals surface area contributed by atoms with Crippen molar-refractivity contribution in [3.63, 3.8) is 0 Å². The average molecular weight is 391 g/mol. The van der Waals surface area contributed by atoms with Crippen molar-refractivity contribution in [1.29, 1.82) is 0 Å².